The average molecular weight is 284 g/mol. The molecule has 0 aliphatic heterocycles. The van der Waals surface area contributed by atoms with Gasteiger partial charge in [0.15, 0.2) is 0 Å². The van der Waals surface area contributed by atoms with E-state index in [0.29, 0.717) is 0 Å². The molecule has 0 radical (unpaired) electrons. The average Bonchev–Trinajstić information content (AvgIpc) is 2.75. The lowest BCUT2D eigenvalue weighted by Crippen LogP contribution is -2.44. The Kier molecular flexibility index (Phi) is 4.01. The summed E-state index contributed by atoms with van der Waals surface area (Å²) in [6.07, 6.45) is 2.65. The number of hydrogen-bond donors (Lipinski definition) is 2. The summed E-state index contributed by atoms with van der Waals surface area (Å²) >= 11 is 5.90. The number of nitrogens with one attached hydrogen (secondary N) is 1. The third-order valence-electron chi connectivity index (χ3n) is 3.29. The summed E-state index contributed by atoms with van der Waals surface area (Å²) in [4.78, 5) is 22.2. The lowest BCUT2D eigenvalue weighted by molar-refractivity contribution is -0.384. The second kappa shape index (κ2) is 5.54. The smallest absolute Gasteiger partial charge is 0.270 e. The van der Waals surface area contributed by atoms with Gasteiger partial charge in [0.1, 0.15) is 0 Å². The van der Waals surface area contributed by atoms with E-state index in [-0.39, 0.29) is 28.4 Å². The van der Waals surface area contributed by atoms with E-state index in [1.807, 2.05) is 0 Å². The number of nitrogens with two attached hydrogens (primary N) is 1. The van der Waals surface area contributed by atoms with Crippen molar-refractivity contribution in [3.63, 3.8) is 0 Å². The first-order chi connectivity index (χ1) is 8.99. The molecule has 1 saturated carbocycles. The Morgan fingerprint density at radius 3 is 2.79 bits per heavy atom. The van der Waals surface area contributed by atoms with Crippen molar-refractivity contribution in [1.82, 2.24) is 5.32 Å². The zero-order chi connectivity index (χ0) is 14.0. The van der Waals surface area contributed by atoms with E-state index in [1.165, 1.54) is 18.2 Å². The number of halogens is 1. The van der Waals surface area contributed by atoms with Crippen LogP contribution in [-0.2, 0) is 0 Å². The molecule has 0 spiro atoms. The van der Waals surface area contributed by atoms with Gasteiger partial charge in [-0.25, -0.2) is 0 Å². The molecule has 0 saturated heterocycles. The fourth-order valence-electron chi connectivity index (χ4n) is 2.21. The molecule has 1 amide bonds. The summed E-state index contributed by atoms with van der Waals surface area (Å²) in [6, 6.07) is 3.63. The molecule has 19 heavy (non-hydrogen) atoms. The molecule has 3 N–H and O–H groups in total. The molecule has 1 aromatic carbocycles. The van der Waals surface area contributed by atoms with Crippen molar-refractivity contribution in [1.29, 1.82) is 0 Å². The molecule has 1 aromatic rings. The molecule has 2 atom stereocenters. The number of nitrogens with zero attached hydrogens (tertiary/aromatic N) is 1. The normalized spacial score (nSPS) is 22.2. The standard InChI is InChI=1S/C12H14ClN3O3/c13-9-5-4-7(16(18)19)6-8(9)12(17)15-11-3-1-2-10(11)14/h4-6,10-11H,1-3,14H2,(H,15,17). The van der Waals surface area contributed by atoms with Gasteiger partial charge in [-0.05, 0) is 25.3 Å². The number of nitro groups is 1. The van der Waals surface area contributed by atoms with Crippen molar-refractivity contribution in [2.45, 2.75) is 31.3 Å². The van der Waals surface area contributed by atoms with Crippen LogP contribution in [0.3, 0.4) is 0 Å². The van der Waals surface area contributed by atoms with Crippen LogP contribution in [0.5, 0.6) is 0 Å². The molecule has 2 rings (SSSR count). The number of nitro benzene ring substituents is 1. The van der Waals surface area contributed by atoms with Gasteiger partial charge in [0.25, 0.3) is 11.6 Å². The van der Waals surface area contributed by atoms with Gasteiger partial charge in [-0.3, -0.25) is 14.9 Å². The van der Waals surface area contributed by atoms with Crippen molar-refractivity contribution in [3.8, 4) is 0 Å². The Morgan fingerprint density at radius 1 is 1.47 bits per heavy atom. The molecule has 1 aliphatic rings. The fourth-order valence-corrected chi connectivity index (χ4v) is 2.42. The van der Waals surface area contributed by atoms with Gasteiger partial charge in [0, 0.05) is 24.2 Å². The van der Waals surface area contributed by atoms with Gasteiger partial charge >= 0.3 is 0 Å². The van der Waals surface area contributed by atoms with E-state index in [1.54, 1.807) is 0 Å². The third kappa shape index (κ3) is 3.02. The SMILES string of the molecule is NC1CCCC1NC(=O)c1cc([N+](=O)[O-])ccc1Cl. The first kappa shape index (κ1) is 13.8. The molecule has 6 nitrogen and oxygen atoms in total. The Bertz CT molecular complexity index is 521. The van der Waals surface area contributed by atoms with Gasteiger partial charge in [-0.1, -0.05) is 11.6 Å². The lowest BCUT2D eigenvalue weighted by Gasteiger charge is -2.17. The zero-order valence-electron chi connectivity index (χ0n) is 10.1. The molecule has 7 heteroatoms. The number of non-ortho nitro benzene ring substituents is 1. The first-order valence-electron chi connectivity index (χ1n) is 5.99. The predicted octanol–water partition coefficient (Wildman–Crippen LogP) is 1.86. The monoisotopic (exact) mass is 283 g/mol. The highest BCUT2D eigenvalue weighted by Crippen LogP contribution is 2.23. The summed E-state index contributed by atoms with van der Waals surface area (Å²) in [5.74, 6) is -0.420. The van der Waals surface area contributed by atoms with Gasteiger partial charge < -0.3 is 11.1 Å². The third-order valence-corrected chi connectivity index (χ3v) is 3.62. The van der Waals surface area contributed by atoms with Gasteiger partial charge in [0.2, 0.25) is 0 Å². The minimum atomic E-state index is -0.561. The van der Waals surface area contributed by atoms with Crippen LogP contribution in [0.1, 0.15) is 29.6 Å². The van der Waals surface area contributed by atoms with Crippen molar-refractivity contribution < 1.29 is 9.72 Å². The first-order valence-corrected chi connectivity index (χ1v) is 6.37. The molecule has 0 heterocycles. The summed E-state index contributed by atoms with van der Waals surface area (Å²) in [7, 11) is 0. The van der Waals surface area contributed by atoms with Crippen LogP contribution in [0.25, 0.3) is 0 Å². The summed E-state index contributed by atoms with van der Waals surface area (Å²) in [5.41, 5.74) is 5.81. The second-order valence-electron chi connectivity index (χ2n) is 4.60. The van der Waals surface area contributed by atoms with Crippen molar-refractivity contribution in [2.24, 2.45) is 5.73 Å². The van der Waals surface area contributed by atoms with Crippen LogP contribution in [-0.4, -0.2) is 22.9 Å². The lowest BCUT2D eigenvalue weighted by atomic mass is 10.1. The topological polar surface area (TPSA) is 98.3 Å². The number of rotatable bonds is 3. The number of amides is 1. The molecular formula is C12H14ClN3O3. The zero-order valence-corrected chi connectivity index (χ0v) is 10.9. The van der Waals surface area contributed by atoms with Gasteiger partial charge in [-0.2, -0.15) is 0 Å². The molecule has 102 valence electrons. The second-order valence-corrected chi connectivity index (χ2v) is 5.00. The number of carbonyl (C=O) groups is 1. The van der Waals surface area contributed by atoms with Gasteiger partial charge in [-0.15, -0.1) is 0 Å². The van der Waals surface area contributed by atoms with Crippen LogP contribution >= 0.6 is 11.6 Å². The summed E-state index contributed by atoms with van der Waals surface area (Å²) in [6.45, 7) is 0. The van der Waals surface area contributed by atoms with E-state index in [0.717, 1.165) is 19.3 Å². The summed E-state index contributed by atoms with van der Waals surface area (Å²) in [5, 5.41) is 13.7. The van der Waals surface area contributed by atoms with Crippen LogP contribution in [0.4, 0.5) is 5.69 Å². The van der Waals surface area contributed by atoms with Crippen molar-refractivity contribution >= 4 is 23.2 Å². The van der Waals surface area contributed by atoms with Crippen LogP contribution in [0.15, 0.2) is 18.2 Å². The highest BCUT2D eigenvalue weighted by atomic mass is 35.5. The van der Waals surface area contributed by atoms with E-state index in [2.05, 4.69) is 5.32 Å². The Morgan fingerprint density at radius 2 is 2.21 bits per heavy atom. The molecule has 1 aliphatic carbocycles. The molecule has 0 aromatic heterocycles. The van der Waals surface area contributed by atoms with E-state index >= 15 is 0 Å². The maximum atomic E-state index is 12.1. The number of hydrogen-bond acceptors (Lipinski definition) is 4. The molecule has 0 bridgehead atoms. The Balaban J connectivity index is 2.18. The largest absolute Gasteiger partial charge is 0.348 e. The van der Waals surface area contributed by atoms with Crippen LogP contribution < -0.4 is 11.1 Å². The molecular weight excluding hydrogens is 270 g/mol. The number of benzene rings is 1. The van der Waals surface area contributed by atoms with Gasteiger partial charge in [0.05, 0.1) is 15.5 Å². The minimum Gasteiger partial charge on any atom is -0.348 e. The quantitative estimate of drug-likeness (QED) is 0.653. The highest BCUT2D eigenvalue weighted by molar-refractivity contribution is 6.33. The molecule has 2 unspecified atom stereocenters. The van der Waals surface area contributed by atoms with Crippen LogP contribution in [0.2, 0.25) is 5.02 Å². The van der Waals surface area contributed by atoms with Crippen molar-refractivity contribution in [3.05, 3.63) is 38.9 Å². The maximum Gasteiger partial charge on any atom is 0.270 e. The maximum absolute atomic E-state index is 12.1. The van der Waals surface area contributed by atoms with E-state index in [4.69, 9.17) is 17.3 Å². The Hall–Kier alpha value is -1.66. The fraction of sp³-hybridized carbons (Fsp3) is 0.417. The Labute approximate surface area is 115 Å². The van der Waals surface area contributed by atoms with Crippen LogP contribution in [0, 0.1) is 10.1 Å². The van der Waals surface area contributed by atoms with E-state index in [9.17, 15) is 14.9 Å². The summed E-state index contributed by atoms with van der Waals surface area (Å²) < 4.78 is 0. The van der Waals surface area contributed by atoms with Crippen molar-refractivity contribution in [2.75, 3.05) is 0 Å². The molecule has 1 fully saturated rings. The highest BCUT2D eigenvalue weighted by Gasteiger charge is 2.26. The van der Waals surface area contributed by atoms with E-state index < -0.39 is 10.8 Å². The number of carbonyl (C=O) groups excluding carboxylic acids is 1. The predicted molar refractivity (Wildman–Crippen MR) is 71.2 cm³/mol. The minimum absolute atomic E-state index is 0.0681.